The minimum atomic E-state index is -3.84. The van der Waals surface area contributed by atoms with Crippen LogP contribution >= 0.6 is 0 Å². The highest BCUT2D eigenvalue weighted by Gasteiger charge is 2.26. The Morgan fingerprint density at radius 1 is 1.03 bits per heavy atom. The number of amides is 1. The highest BCUT2D eigenvalue weighted by Crippen LogP contribution is 2.29. The molecule has 1 aliphatic rings. The molecule has 0 saturated heterocycles. The van der Waals surface area contributed by atoms with E-state index in [0.29, 0.717) is 30.2 Å². The number of anilines is 2. The maximum atomic E-state index is 13.0. The van der Waals surface area contributed by atoms with Crippen LogP contribution in [0.25, 0.3) is 0 Å². The zero-order valence-corrected chi connectivity index (χ0v) is 17.4. The molecule has 1 aliphatic heterocycles. The van der Waals surface area contributed by atoms with Gasteiger partial charge < -0.3 is 9.64 Å². The molecule has 6 nitrogen and oxygen atoms in total. The summed E-state index contributed by atoms with van der Waals surface area (Å²) >= 11 is 0. The predicted molar refractivity (Wildman–Crippen MR) is 117 cm³/mol. The lowest BCUT2D eigenvalue weighted by atomic mass is 10.1. The minimum absolute atomic E-state index is 0.0368. The van der Waals surface area contributed by atoms with E-state index in [0.717, 1.165) is 17.7 Å². The molecule has 0 atom stereocenters. The molecular formula is C23H22N2O4S. The molecule has 0 spiro atoms. The lowest BCUT2D eigenvalue weighted by Crippen LogP contribution is -2.29. The van der Waals surface area contributed by atoms with Gasteiger partial charge in [-0.25, -0.2) is 8.42 Å². The first-order valence-corrected chi connectivity index (χ1v) is 11.2. The van der Waals surface area contributed by atoms with Gasteiger partial charge in [0.05, 0.1) is 11.5 Å². The van der Waals surface area contributed by atoms with Gasteiger partial charge >= 0.3 is 0 Å². The second-order valence-corrected chi connectivity index (χ2v) is 8.61. The van der Waals surface area contributed by atoms with Crippen molar-refractivity contribution in [3.63, 3.8) is 0 Å². The molecule has 3 aromatic carbocycles. The van der Waals surface area contributed by atoms with Crippen molar-refractivity contribution in [2.75, 3.05) is 22.8 Å². The van der Waals surface area contributed by atoms with Crippen LogP contribution in [0.15, 0.2) is 77.7 Å². The monoisotopic (exact) mass is 422 g/mol. The number of nitrogens with one attached hydrogen (secondary N) is 1. The first-order chi connectivity index (χ1) is 14.5. The summed E-state index contributed by atoms with van der Waals surface area (Å²) in [5, 5.41) is 0. The molecule has 0 radical (unpaired) electrons. The topological polar surface area (TPSA) is 75.7 Å². The fraction of sp³-hybridized carbons (Fsp3) is 0.174. The van der Waals surface area contributed by atoms with Crippen LogP contribution < -0.4 is 14.4 Å². The highest BCUT2D eigenvalue weighted by molar-refractivity contribution is 7.92. The number of para-hydroxylation sites is 1. The van der Waals surface area contributed by atoms with Gasteiger partial charge in [0.2, 0.25) is 0 Å². The van der Waals surface area contributed by atoms with Gasteiger partial charge in [0, 0.05) is 23.5 Å². The molecule has 0 unspecified atom stereocenters. The zero-order chi connectivity index (χ0) is 21.1. The van der Waals surface area contributed by atoms with Crippen molar-refractivity contribution in [3.05, 3.63) is 83.9 Å². The second kappa shape index (κ2) is 8.20. The van der Waals surface area contributed by atoms with E-state index >= 15 is 0 Å². The maximum Gasteiger partial charge on any atom is 0.261 e. The second-order valence-electron chi connectivity index (χ2n) is 6.93. The zero-order valence-electron chi connectivity index (χ0n) is 16.5. The van der Waals surface area contributed by atoms with E-state index in [1.54, 1.807) is 41.3 Å². The van der Waals surface area contributed by atoms with Crippen molar-refractivity contribution in [1.29, 1.82) is 0 Å². The average molecular weight is 423 g/mol. The molecule has 7 heteroatoms. The number of fused-ring (bicyclic) bond motifs is 1. The summed E-state index contributed by atoms with van der Waals surface area (Å²) in [4.78, 5) is 14.8. The van der Waals surface area contributed by atoms with Gasteiger partial charge in [-0.15, -0.1) is 0 Å². The summed E-state index contributed by atoms with van der Waals surface area (Å²) in [7, 11) is -3.84. The molecule has 154 valence electrons. The van der Waals surface area contributed by atoms with Crippen molar-refractivity contribution < 1.29 is 17.9 Å². The number of sulfonamides is 1. The van der Waals surface area contributed by atoms with E-state index in [4.69, 9.17) is 4.74 Å². The van der Waals surface area contributed by atoms with Crippen LogP contribution in [-0.4, -0.2) is 27.5 Å². The van der Waals surface area contributed by atoms with Crippen LogP contribution in [0, 0.1) is 0 Å². The van der Waals surface area contributed by atoms with Gasteiger partial charge in [0.15, 0.2) is 0 Å². The molecule has 0 bridgehead atoms. The van der Waals surface area contributed by atoms with Crippen molar-refractivity contribution in [2.45, 2.75) is 18.2 Å². The minimum Gasteiger partial charge on any atom is -0.494 e. The van der Waals surface area contributed by atoms with Crippen molar-refractivity contribution in [3.8, 4) is 5.75 Å². The summed E-state index contributed by atoms with van der Waals surface area (Å²) in [6, 6.07) is 20.6. The van der Waals surface area contributed by atoms with Crippen LogP contribution in [0.1, 0.15) is 22.8 Å². The van der Waals surface area contributed by atoms with Gasteiger partial charge in [-0.2, -0.15) is 0 Å². The number of hydrogen-bond acceptors (Lipinski definition) is 4. The molecule has 0 fully saturated rings. The van der Waals surface area contributed by atoms with Gasteiger partial charge in [0.1, 0.15) is 5.75 Å². The molecule has 0 saturated carbocycles. The Hall–Kier alpha value is -3.32. The Bertz CT molecular complexity index is 1170. The number of hydrogen-bond donors (Lipinski definition) is 1. The van der Waals surface area contributed by atoms with Gasteiger partial charge in [-0.3, -0.25) is 9.52 Å². The van der Waals surface area contributed by atoms with Crippen LogP contribution in [0.3, 0.4) is 0 Å². The normalized spacial score (nSPS) is 13.0. The Morgan fingerprint density at radius 3 is 2.57 bits per heavy atom. The van der Waals surface area contributed by atoms with E-state index in [-0.39, 0.29) is 10.8 Å². The van der Waals surface area contributed by atoms with Gasteiger partial charge in [-0.05, 0) is 67.4 Å². The van der Waals surface area contributed by atoms with Crippen LogP contribution in [-0.2, 0) is 16.4 Å². The SMILES string of the molecule is CCOc1ccc(NS(=O)(=O)c2cccc(C(=O)N3CCc4ccccc43)c2)cc1. The summed E-state index contributed by atoms with van der Waals surface area (Å²) < 4.78 is 33.6. The lowest BCUT2D eigenvalue weighted by molar-refractivity contribution is 0.0989. The van der Waals surface area contributed by atoms with Crippen molar-refractivity contribution in [1.82, 2.24) is 0 Å². The fourth-order valence-corrected chi connectivity index (χ4v) is 4.61. The Morgan fingerprint density at radius 2 is 1.80 bits per heavy atom. The van der Waals surface area contributed by atoms with E-state index < -0.39 is 10.0 Å². The van der Waals surface area contributed by atoms with Crippen molar-refractivity contribution >= 4 is 27.3 Å². The lowest BCUT2D eigenvalue weighted by Gasteiger charge is -2.18. The molecule has 4 rings (SSSR count). The largest absolute Gasteiger partial charge is 0.494 e. The first-order valence-electron chi connectivity index (χ1n) is 9.73. The summed E-state index contributed by atoms with van der Waals surface area (Å²) in [6.45, 7) is 3.00. The maximum absolute atomic E-state index is 13.0. The van der Waals surface area contributed by atoms with E-state index in [1.165, 1.54) is 12.1 Å². The Labute approximate surface area is 176 Å². The Balaban J connectivity index is 1.56. The van der Waals surface area contributed by atoms with E-state index in [2.05, 4.69) is 4.72 Å². The number of rotatable bonds is 6. The standard InChI is InChI=1S/C23H22N2O4S/c1-2-29-20-12-10-19(11-13-20)24-30(27,28)21-8-5-7-18(16-21)23(26)25-15-14-17-6-3-4-9-22(17)25/h3-13,16,24H,2,14-15H2,1H3. The molecule has 1 amide bonds. The molecule has 1 N–H and O–H groups in total. The summed E-state index contributed by atoms with van der Waals surface area (Å²) in [5.74, 6) is 0.456. The summed E-state index contributed by atoms with van der Waals surface area (Å²) in [5.41, 5.74) is 2.75. The molecule has 3 aromatic rings. The molecule has 0 aromatic heterocycles. The number of carbonyl (C=O) groups is 1. The first kappa shape index (κ1) is 20.0. The van der Waals surface area contributed by atoms with Gasteiger partial charge in [0.25, 0.3) is 15.9 Å². The van der Waals surface area contributed by atoms with Crippen molar-refractivity contribution in [2.24, 2.45) is 0 Å². The molecule has 1 heterocycles. The van der Waals surface area contributed by atoms with Crippen LogP contribution in [0.2, 0.25) is 0 Å². The van der Waals surface area contributed by atoms with Crippen LogP contribution in [0.4, 0.5) is 11.4 Å². The molecule has 30 heavy (non-hydrogen) atoms. The highest BCUT2D eigenvalue weighted by atomic mass is 32.2. The number of carbonyl (C=O) groups excluding carboxylic acids is 1. The van der Waals surface area contributed by atoms with Gasteiger partial charge in [-0.1, -0.05) is 24.3 Å². The smallest absolute Gasteiger partial charge is 0.261 e. The quantitative estimate of drug-likeness (QED) is 0.649. The van der Waals surface area contributed by atoms with E-state index in [1.807, 2.05) is 31.2 Å². The molecular weight excluding hydrogens is 400 g/mol. The molecule has 0 aliphatic carbocycles. The fourth-order valence-electron chi connectivity index (χ4n) is 3.50. The average Bonchev–Trinajstić information content (AvgIpc) is 3.19. The third-order valence-electron chi connectivity index (χ3n) is 4.94. The predicted octanol–water partition coefficient (Wildman–Crippen LogP) is 4.09. The number of nitrogens with zero attached hydrogens (tertiary/aromatic N) is 1. The number of benzene rings is 3. The third-order valence-corrected chi connectivity index (χ3v) is 6.32. The Kier molecular flexibility index (Phi) is 5.46. The summed E-state index contributed by atoms with van der Waals surface area (Å²) in [6.07, 6.45) is 0.791. The third kappa shape index (κ3) is 4.02. The number of ether oxygens (including phenoxy) is 1. The van der Waals surface area contributed by atoms with Crippen LogP contribution in [0.5, 0.6) is 5.75 Å². The van der Waals surface area contributed by atoms with E-state index in [9.17, 15) is 13.2 Å².